The molecule has 0 aliphatic carbocycles. The van der Waals surface area contributed by atoms with Crippen LogP contribution < -0.4 is 5.32 Å². The Hall–Kier alpha value is -2.29. The van der Waals surface area contributed by atoms with E-state index >= 15 is 0 Å². The van der Waals surface area contributed by atoms with Gasteiger partial charge in [-0.25, -0.2) is 0 Å². The summed E-state index contributed by atoms with van der Waals surface area (Å²) >= 11 is 0. The van der Waals surface area contributed by atoms with E-state index in [9.17, 15) is 4.79 Å². The van der Waals surface area contributed by atoms with E-state index < -0.39 is 0 Å². The number of rotatable bonds is 4. The zero-order valence-corrected chi connectivity index (χ0v) is 12.2. The summed E-state index contributed by atoms with van der Waals surface area (Å²) in [7, 11) is 0. The maximum atomic E-state index is 12.1. The first-order chi connectivity index (χ1) is 9.54. The Bertz CT molecular complexity index is 653. The first kappa shape index (κ1) is 14.1. The lowest BCUT2D eigenvalue weighted by atomic mass is 10.2. The number of nitrogens with one attached hydrogen (secondary N) is 1. The minimum absolute atomic E-state index is 0.0584. The number of aryl methyl sites for hydroxylation is 2. The summed E-state index contributed by atoms with van der Waals surface area (Å²) in [5, 5.41) is 2.82. The Balaban J connectivity index is 2.44. The van der Waals surface area contributed by atoms with E-state index in [1.807, 2.05) is 26.0 Å². The molecule has 3 heteroatoms. The lowest BCUT2D eigenvalue weighted by Gasteiger charge is -2.10. The Morgan fingerprint density at radius 1 is 1.30 bits per heavy atom. The molecule has 20 heavy (non-hydrogen) atoms. The molecule has 1 aromatic carbocycles. The number of carbonyl (C=O) groups excluding carboxylic acids is 1. The molecule has 0 radical (unpaired) electrons. The molecule has 1 N–H and O–H groups in total. The predicted octanol–water partition coefficient (Wildman–Crippen LogP) is 3.32. The van der Waals surface area contributed by atoms with Crippen molar-refractivity contribution in [1.82, 2.24) is 9.88 Å². The quantitative estimate of drug-likeness (QED) is 0.848. The van der Waals surface area contributed by atoms with Crippen molar-refractivity contribution in [3.05, 3.63) is 65.5 Å². The van der Waals surface area contributed by atoms with Crippen molar-refractivity contribution in [2.24, 2.45) is 0 Å². The minimum Gasteiger partial charge on any atom is -0.349 e. The van der Waals surface area contributed by atoms with E-state index in [4.69, 9.17) is 0 Å². The third-order valence-corrected chi connectivity index (χ3v) is 3.34. The molecule has 0 fully saturated rings. The molecular formula is C17H20N2O. The molecule has 0 aliphatic rings. The van der Waals surface area contributed by atoms with E-state index in [1.54, 1.807) is 6.08 Å². The van der Waals surface area contributed by atoms with Crippen LogP contribution in [0.3, 0.4) is 0 Å². The third kappa shape index (κ3) is 2.67. The van der Waals surface area contributed by atoms with Crippen LogP contribution in [0.1, 0.15) is 27.3 Å². The van der Waals surface area contributed by atoms with Crippen LogP contribution in [-0.4, -0.2) is 17.0 Å². The zero-order chi connectivity index (χ0) is 14.7. The highest BCUT2D eigenvalue weighted by Gasteiger charge is 2.15. The molecular weight excluding hydrogens is 248 g/mol. The van der Waals surface area contributed by atoms with Gasteiger partial charge in [0.2, 0.25) is 0 Å². The van der Waals surface area contributed by atoms with Crippen LogP contribution in [0.4, 0.5) is 0 Å². The molecule has 3 nitrogen and oxygen atoms in total. The van der Waals surface area contributed by atoms with Crippen molar-refractivity contribution in [3.63, 3.8) is 0 Å². The summed E-state index contributed by atoms with van der Waals surface area (Å²) in [6.45, 7) is 10.1. The van der Waals surface area contributed by atoms with Gasteiger partial charge in [0.05, 0.1) is 5.56 Å². The van der Waals surface area contributed by atoms with Gasteiger partial charge in [0.1, 0.15) is 0 Å². The number of carbonyl (C=O) groups is 1. The average Bonchev–Trinajstić information content (AvgIpc) is 2.71. The molecule has 0 bridgehead atoms. The summed E-state index contributed by atoms with van der Waals surface area (Å²) in [5.41, 5.74) is 5.01. The van der Waals surface area contributed by atoms with Gasteiger partial charge in [-0.3, -0.25) is 4.79 Å². The van der Waals surface area contributed by atoms with Crippen molar-refractivity contribution < 1.29 is 4.79 Å². The fraction of sp³-hybridized carbons (Fsp3) is 0.235. The molecule has 0 unspecified atom stereocenters. The summed E-state index contributed by atoms with van der Waals surface area (Å²) in [6.07, 6.45) is 1.68. The Morgan fingerprint density at radius 3 is 2.70 bits per heavy atom. The van der Waals surface area contributed by atoms with Gasteiger partial charge in [-0.15, -0.1) is 6.58 Å². The van der Waals surface area contributed by atoms with E-state index in [-0.39, 0.29) is 5.91 Å². The Morgan fingerprint density at radius 2 is 2.05 bits per heavy atom. The largest absolute Gasteiger partial charge is 0.349 e. The fourth-order valence-electron chi connectivity index (χ4n) is 2.42. The highest BCUT2D eigenvalue weighted by Crippen LogP contribution is 2.21. The number of aromatic nitrogens is 1. The van der Waals surface area contributed by atoms with Gasteiger partial charge in [0.25, 0.3) is 5.91 Å². The van der Waals surface area contributed by atoms with Crippen LogP contribution in [0.2, 0.25) is 0 Å². The summed E-state index contributed by atoms with van der Waals surface area (Å²) < 4.78 is 2.11. The molecule has 0 atom stereocenters. The van der Waals surface area contributed by atoms with Gasteiger partial charge in [-0.1, -0.05) is 18.2 Å². The molecule has 0 aliphatic heterocycles. The number of amides is 1. The highest BCUT2D eigenvalue weighted by atomic mass is 16.1. The SMILES string of the molecule is C=CCNC(=O)c1cc(C)n(-c2cccc(C)c2)c1C. The van der Waals surface area contributed by atoms with Gasteiger partial charge in [0, 0.05) is 23.6 Å². The normalized spacial score (nSPS) is 10.3. The standard InChI is InChI=1S/C17H20N2O/c1-5-9-18-17(20)16-11-13(3)19(14(16)4)15-8-6-7-12(2)10-15/h5-8,10-11H,1,9H2,2-4H3,(H,18,20). The highest BCUT2D eigenvalue weighted by molar-refractivity contribution is 5.96. The second-order valence-electron chi connectivity index (χ2n) is 4.96. The van der Waals surface area contributed by atoms with Crippen molar-refractivity contribution in [1.29, 1.82) is 0 Å². The predicted molar refractivity (Wildman–Crippen MR) is 82.5 cm³/mol. The van der Waals surface area contributed by atoms with Crippen LogP contribution in [0, 0.1) is 20.8 Å². The van der Waals surface area contributed by atoms with Crippen molar-refractivity contribution in [2.75, 3.05) is 6.54 Å². The maximum Gasteiger partial charge on any atom is 0.253 e. The molecule has 0 spiro atoms. The van der Waals surface area contributed by atoms with E-state index in [0.29, 0.717) is 12.1 Å². The lowest BCUT2D eigenvalue weighted by molar-refractivity contribution is 0.0957. The number of benzene rings is 1. The van der Waals surface area contributed by atoms with Gasteiger partial charge in [-0.2, -0.15) is 0 Å². The van der Waals surface area contributed by atoms with Crippen LogP contribution in [-0.2, 0) is 0 Å². The average molecular weight is 268 g/mol. The first-order valence-corrected chi connectivity index (χ1v) is 6.69. The Kier molecular flexibility index (Phi) is 4.08. The second-order valence-corrected chi connectivity index (χ2v) is 4.96. The van der Waals surface area contributed by atoms with Gasteiger partial charge < -0.3 is 9.88 Å². The van der Waals surface area contributed by atoms with E-state index in [1.165, 1.54) is 5.56 Å². The smallest absolute Gasteiger partial charge is 0.253 e. The number of hydrogen-bond donors (Lipinski definition) is 1. The molecule has 2 aromatic rings. The molecule has 1 aromatic heterocycles. The molecule has 2 rings (SSSR count). The molecule has 0 saturated heterocycles. The minimum atomic E-state index is -0.0584. The molecule has 104 valence electrons. The summed E-state index contributed by atoms with van der Waals surface area (Å²) in [4.78, 5) is 12.1. The van der Waals surface area contributed by atoms with Crippen molar-refractivity contribution >= 4 is 5.91 Å². The maximum absolute atomic E-state index is 12.1. The fourth-order valence-corrected chi connectivity index (χ4v) is 2.42. The third-order valence-electron chi connectivity index (χ3n) is 3.34. The summed E-state index contributed by atoms with van der Waals surface area (Å²) in [5.74, 6) is -0.0584. The van der Waals surface area contributed by atoms with Gasteiger partial charge in [-0.05, 0) is 44.5 Å². The summed E-state index contributed by atoms with van der Waals surface area (Å²) in [6, 6.07) is 10.2. The second kappa shape index (κ2) is 5.78. The topological polar surface area (TPSA) is 34.0 Å². The van der Waals surface area contributed by atoms with Gasteiger partial charge >= 0.3 is 0 Å². The van der Waals surface area contributed by atoms with Crippen LogP contribution in [0.25, 0.3) is 5.69 Å². The number of hydrogen-bond acceptors (Lipinski definition) is 1. The molecule has 1 amide bonds. The van der Waals surface area contributed by atoms with Crippen molar-refractivity contribution in [2.45, 2.75) is 20.8 Å². The zero-order valence-electron chi connectivity index (χ0n) is 12.2. The van der Waals surface area contributed by atoms with E-state index in [2.05, 4.69) is 41.6 Å². The van der Waals surface area contributed by atoms with Crippen LogP contribution in [0.5, 0.6) is 0 Å². The van der Waals surface area contributed by atoms with Crippen molar-refractivity contribution in [3.8, 4) is 5.69 Å². The Labute approximate surface area is 119 Å². The van der Waals surface area contributed by atoms with Gasteiger partial charge in [0.15, 0.2) is 0 Å². The molecule has 1 heterocycles. The number of nitrogens with zero attached hydrogens (tertiary/aromatic N) is 1. The lowest BCUT2D eigenvalue weighted by Crippen LogP contribution is -2.23. The van der Waals surface area contributed by atoms with E-state index in [0.717, 1.165) is 17.1 Å². The monoisotopic (exact) mass is 268 g/mol. The van der Waals surface area contributed by atoms with Crippen LogP contribution >= 0.6 is 0 Å². The first-order valence-electron chi connectivity index (χ1n) is 6.69. The molecule has 0 saturated carbocycles. The van der Waals surface area contributed by atoms with Crippen LogP contribution in [0.15, 0.2) is 43.0 Å².